The van der Waals surface area contributed by atoms with E-state index < -0.39 is 4.92 Å². The lowest BCUT2D eigenvalue weighted by molar-refractivity contribution is -0.384. The van der Waals surface area contributed by atoms with Crippen molar-refractivity contribution in [3.05, 3.63) is 64.2 Å². The SMILES string of the molecule is N#Cc1cc(N2CCC(C(=O)Nc3ccccc3O)CC2)nc2ccc([N+](=O)[O-])cc12. The van der Waals surface area contributed by atoms with Gasteiger partial charge in [-0.25, -0.2) is 4.98 Å². The second-order valence-electron chi connectivity index (χ2n) is 7.37. The van der Waals surface area contributed by atoms with Crippen LogP contribution in [0.3, 0.4) is 0 Å². The van der Waals surface area contributed by atoms with Crippen molar-refractivity contribution in [2.75, 3.05) is 23.3 Å². The number of nitro benzene ring substituents is 1. The molecule has 0 bridgehead atoms. The number of aromatic hydroxyl groups is 1. The number of non-ortho nitro benzene ring substituents is 1. The Hall–Kier alpha value is -4.19. The Morgan fingerprint density at radius 1 is 1.23 bits per heavy atom. The molecule has 0 saturated carbocycles. The molecule has 1 amide bonds. The van der Waals surface area contributed by atoms with Gasteiger partial charge < -0.3 is 15.3 Å². The van der Waals surface area contributed by atoms with Crippen molar-refractivity contribution in [2.45, 2.75) is 12.8 Å². The normalized spacial score (nSPS) is 14.2. The first kappa shape index (κ1) is 20.1. The summed E-state index contributed by atoms with van der Waals surface area (Å²) in [5.41, 5.74) is 1.14. The quantitative estimate of drug-likeness (QED) is 0.377. The van der Waals surface area contributed by atoms with Crippen LogP contribution in [0.25, 0.3) is 10.9 Å². The first-order valence-electron chi connectivity index (χ1n) is 9.79. The number of rotatable bonds is 4. The van der Waals surface area contributed by atoms with Crippen molar-refractivity contribution in [1.29, 1.82) is 5.26 Å². The van der Waals surface area contributed by atoms with E-state index in [1.54, 1.807) is 30.3 Å². The van der Waals surface area contributed by atoms with Crippen LogP contribution in [0, 0.1) is 27.4 Å². The molecule has 0 radical (unpaired) electrons. The number of hydrogen-bond donors (Lipinski definition) is 2. The Morgan fingerprint density at radius 2 is 1.97 bits per heavy atom. The minimum absolute atomic E-state index is 0.0259. The van der Waals surface area contributed by atoms with E-state index in [9.17, 15) is 25.3 Å². The maximum atomic E-state index is 12.6. The first-order valence-corrected chi connectivity index (χ1v) is 9.79. The molecule has 2 aromatic carbocycles. The topological polar surface area (TPSA) is 132 Å². The Balaban J connectivity index is 1.49. The molecule has 0 spiro atoms. The molecular weight excluding hydrogens is 398 g/mol. The number of nitro groups is 1. The van der Waals surface area contributed by atoms with E-state index in [1.807, 2.05) is 4.90 Å². The van der Waals surface area contributed by atoms with E-state index >= 15 is 0 Å². The lowest BCUT2D eigenvalue weighted by Gasteiger charge is -2.32. The number of nitriles is 1. The molecule has 3 aromatic rings. The smallest absolute Gasteiger partial charge is 0.270 e. The third kappa shape index (κ3) is 4.09. The number of phenolic OH excluding ortho intramolecular Hbond substituents is 1. The van der Waals surface area contributed by atoms with Crippen LogP contribution < -0.4 is 10.2 Å². The first-order chi connectivity index (χ1) is 15.0. The van der Waals surface area contributed by atoms with Crippen LogP contribution in [0.2, 0.25) is 0 Å². The molecule has 156 valence electrons. The Kier molecular flexibility index (Phi) is 5.37. The van der Waals surface area contributed by atoms with E-state index in [0.29, 0.717) is 53.9 Å². The number of para-hydroxylation sites is 2. The summed E-state index contributed by atoms with van der Waals surface area (Å²) >= 11 is 0. The Bertz CT molecular complexity index is 1210. The predicted octanol–water partition coefficient (Wildman–Crippen LogP) is 3.58. The molecule has 31 heavy (non-hydrogen) atoms. The molecule has 1 aromatic heterocycles. The van der Waals surface area contributed by atoms with Crippen LogP contribution in [0.4, 0.5) is 17.2 Å². The maximum absolute atomic E-state index is 12.6. The van der Waals surface area contributed by atoms with Gasteiger partial charge in [0.1, 0.15) is 11.6 Å². The minimum atomic E-state index is -0.500. The number of nitrogens with zero attached hydrogens (tertiary/aromatic N) is 4. The van der Waals surface area contributed by atoms with Crippen molar-refractivity contribution in [2.24, 2.45) is 5.92 Å². The summed E-state index contributed by atoms with van der Waals surface area (Å²) in [5.74, 6) is 0.294. The van der Waals surface area contributed by atoms with Gasteiger partial charge in [-0.15, -0.1) is 0 Å². The highest BCUT2D eigenvalue weighted by atomic mass is 16.6. The largest absolute Gasteiger partial charge is 0.506 e. The summed E-state index contributed by atoms with van der Waals surface area (Å²) in [6.07, 6.45) is 1.20. The van der Waals surface area contributed by atoms with Crippen LogP contribution in [-0.2, 0) is 4.79 Å². The molecule has 1 saturated heterocycles. The number of phenols is 1. The average molecular weight is 417 g/mol. The zero-order chi connectivity index (χ0) is 22.0. The lowest BCUT2D eigenvalue weighted by Crippen LogP contribution is -2.38. The summed E-state index contributed by atoms with van der Waals surface area (Å²) in [6.45, 7) is 1.16. The zero-order valence-corrected chi connectivity index (χ0v) is 16.5. The van der Waals surface area contributed by atoms with Crippen LogP contribution in [-0.4, -0.2) is 34.0 Å². The number of carbonyl (C=O) groups is 1. The van der Waals surface area contributed by atoms with Gasteiger partial charge in [0, 0.05) is 36.5 Å². The highest BCUT2D eigenvalue weighted by molar-refractivity contribution is 5.94. The second kappa shape index (κ2) is 8.28. The van der Waals surface area contributed by atoms with Gasteiger partial charge in [0.25, 0.3) is 5.69 Å². The molecule has 4 rings (SSSR count). The molecule has 2 heterocycles. The van der Waals surface area contributed by atoms with Crippen LogP contribution in [0.1, 0.15) is 18.4 Å². The third-order valence-corrected chi connectivity index (χ3v) is 5.46. The number of fused-ring (bicyclic) bond motifs is 1. The van der Waals surface area contributed by atoms with Gasteiger partial charge in [0.2, 0.25) is 5.91 Å². The van der Waals surface area contributed by atoms with Gasteiger partial charge in [0.05, 0.1) is 27.8 Å². The fourth-order valence-corrected chi connectivity index (χ4v) is 3.75. The van der Waals surface area contributed by atoms with Gasteiger partial charge in [0.15, 0.2) is 0 Å². The van der Waals surface area contributed by atoms with Crippen molar-refractivity contribution < 1.29 is 14.8 Å². The summed E-state index contributed by atoms with van der Waals surface area (Å²) in [6, 6.07) is 14.6. The van der Waals surface area contributed by atoms with Crippen LogP contribution in [0.15, 0.2) is 48.5 Å². The van der Waals surface area contributed by atoms with Gasteiger partial charge in [-0.3, -0.25) is 14.9 Å². The number of amides is 1. The van der Waals surface area contributed by atoms with Crippen molar-refractivity contribution in [1.82, 2.24) is 4.98 Å². The molecule has 9 heteroatoms. The predicted molar refractivity (Wildman–Crippen MR) is 115 cm³/mol. The van der Waals surface area contributed by atoms with Crippen LogP contribution in [0.5, 0.6) is 5.75 Å². The molecule has 9 nitrogen and oxygen atoms in total. The van der Waals surface area contributed by atoms with E-state index in [0.717, 1.165) is 0 Å². The third-order valence-electron chi connectivity index (χ3n) is 5.46. The summed E-state index contributed by atoms with van der Waals surface area (Å²) in [7, 11) is 0. The van der Waals surface area contributed by atoms with E-state index in [-0.39, 0.29) is 23.3 Å². The van der Waals surface area contributed by atoms with Gasteiger partial charge >= 0.3 is 0 Å². The highest BCUT2D eigenvalue weighted by Crippen LogP contribution is 2.29. The maximum Gasteiger partial charge on any atom is 0.270 e. The summed E-state index contributed by atoms with van der Waals surface area (Å²) in [4.78, 5) is 29.7. The number of aromatic nitrogens is 1. The molecule has 1 fully saturated rings. The average Bonchev–Trinajstić information content (AvgIpc) is 2.79. The number of anilines is 2. The number of pyridine rings is 1. The van der Waals surface area contributed by atoms with Crippen molar-refractivity contribution >= 4 is 34.0 Å². The molecule has 1 aliphatic rings. The van der Waals surface area contributed by atoms with Crippen LogP contribution >= 0.6 is 0 Å². The van der Waals surface area contributed by atoms with E-state index in [4.69, 9.17) is 0 Å². The minimum Gasteiger partial charge on any atom is -0.506 e. The molecule has 1 aliphatic heterocycles. The van der Waals surface area contributed by atoms with Gasteiger partial charge in [-0.1, -0.05) is 12.1 Å². The van der Waals surface area contributed by atoms with Gasteiger partial charge in [-0.05, 0) is 37.1 Å². The highest BCUT2D eigenvalue weighted by Gasteiger charge is 2.26. The summed E-state index contributed by atoms with van der Waals surface area (Å²) < 4.78 is 0. The monoisotopic (exact) mass is 417 g/mol. The Morgan fingerprint density at radius 3 is 2.65 bits per heavy atom. The number of piperidine rings is 1. The second-order valence-corrected chi connectivity index (χ2v) is 7.37. The molecular formula is C22H19N5O4. The number of benzene rings is 2. The summed E-state index contributed by atoms with van der Waals surface area (Å²) in [5, 5.41) is 33.6. The number of carbonyl (C=O) groups excluding carboxylic acids is 1. The number of nitrogens with one attached hydrogen (secondary N) is 1. The fourth-order valence-electron chi connectivity index (χ4n) is 3.75. The Labute approximate surface area is 177 Å². The molecule has 0 aliphatic carbocycles. The molecule has 2 N–H and O–H groups in total. The van der Waals surface area contributed by atoms with E-state index in [1.165, 1.54) is 18.2 Å². The molecule has 0 atom stereocenters. The van der Waals surface area contributed by atoms with Crippen molar-refractivity contribution in [3.63, 3.8) is 0 Å². The number of hydrogen-bond acceptors (Lipinski definition) is 7. The van der Waals surface area contributed by atoms with Gasteiger partial charge in [-0.2, -0.15) is 5.26 Å². The zero-order valence-electron chi connectivity index (χ0n) is 16.5. The lowest BCUT2D eigenvalue weighted by atomic mass is 9.95. The van der Waals surface area contributed by atoms with E-state index in [2.05, 4.69) is 16.4 Å². The standard InChI is InChI=1S/C22H19N5O4/c23-13-15-11-21(24-18-6-5-16(27(30)31)12-17(15)18)26-9-7-14(8-10-26)22(29)25-19-3-1-2-4-20(19)28/h1-6,11-12,14,28H,7-10H2,(H,25,29). The van der Waals surface area contributed by atoms with Crippen molar-refractivity contribution in [3.8, 4) is 11.8 Å². The molecule has 0 unspecified atom stereocenters. The fraction of sp³-hybridized carbons (Fsp3) is 0.227.